The minimum absolute atomic E-state index is 0.0255. The lowest BCUT2D eigenvalue weighted by molar-refractivity contribution is -0.143. The SMILES string of the molecule is O=C(O)COCCOCCOCCOCCOCCOCCCCCC(=O)Nc1cccc2c1C(=O)N(C1CCC(=O)NC1=O)C2=O. The van der Waals surface area contributed by atoms with E-state index in [-0.39, 0.29) is 55.2 Å². The molecule has 2 aliphatic rings. The lowest BCUT2D eigenvalue weighted by Gasteiger charge is -2.27. The molecule has 3 rings (SSSR count). The molecule has 0 bridgehead atoms. The molecule has 0 radical (unpaired) electrons. The van der Waals surface area contributed by atoms with Gasteiger partial charge in [0.25, 0.3) is 11.8 Å². The molecular formula is C31H43N3O13. The minimum Gasteiger partial charge on any atom is -0.480 e. The fourth-order valence-electron chi connectivity index (χ4n) is 4.76. The highest BCUT2D eigenvalue weighted by molar-refractivity contribution is 6.26. The Morgan fingerprint density at radius 3 is 1.91 bits per heavy atom. The van der Waals surface area contributed by atoms with Crippen molar-refractivity contribution in [1.29, 1.82) is 0 Å². The molecule has 16 nitrogen and oxygen atoms in total. The number of carboxylic acid groups (broad SMARTS) is 1. The Labute approximate surface area is 272 Å². The molecule has 3 N–H and O–H groups in total. The van der Waals surface area contributed by atoms with Crippen LogP contribution in [0.1, 0.15) is 59.2 Å². The number of benzene rings is 1. The molecule has 1 saturated heterocycles. The summed E-state index contributed by atoms with van der Waals surface area (Å²) in [5.41, 5.74) is 0.365. The summed E-state index contributed by atoms with van der Waals surface area (Å²) in [5.74, 6) is -3.76. The molecule has 16 heteroatoms. The van der Waals surface area contributed by atoms with Crippen molar-refractivity contribution in [2.45, 2.75) is 44.6 Å². The molecule has 0 aliphatic carbocycles. The zero-order valence-corrected chi connectivity index (χ0v) is 26.3. The van der Waals surface area contributed by atoms with Gasteiger partial charge in [0, 0.05) is 19.4 Å². The summed E-state index contributed by atoms with van der Waals surface area (Å²) in [6, 6.07) is 3.50. The Bertz CT molecular complexity index is 1230. The van der Waals surface area contributed by atoms with Crippen molar-refractivity contribution in [2.24, 2.45) is 0 Å². The van der Waals surface area contributed by atoms with Crippen molar-refractivity contribution in [1.82, 2.24) is 10.2 Å². The average molecular weight is 666 g/mol. The van der Waals surface area contributed by atoms with Gasteiger partial charge in [-0.15, -0.1) is 0 Å². The topological polar surface area (TPSA) is 205 Å². The Hall–Kier alpha value is -3.80. The van der Waals surface area contributed by atoms with Crippen LogP contribution in [0.15, 0.2) is 18.2 Å². The van der Waals surface area contributed by atoms with Crippen LogP contribution >= 0.6 is 0 Å². The number of ether oxygens (including phenoxy) is 6. The second-order valence-corrected chi connectivity index (χ2v) is 10.5. The van der Waals surface area contributed by atoms with Gasteiger partial charge in [0.2, 0.25) is 17.7 Å². The maximum absolute atomic E-state index is 13.1. The largest absolute Gasteiger partial charge is 0.480 e. The van der Waals surface area contributed by atoms with E-state index >= 15 is 0 Å². The van der Waals surface area contributed by atoms with Crippen molar-refractivity contribution in [3.63, 3.8) is 0 Å². The van der Waals surface area contributed by atoms with Crippen molar-refractivity contribution in [2.75, 3.05) is 84.6 Å². The number of carboxylic acids is 1. The van der Waals surface area contributed by atoms with Gasteiger partial charge in [0.05, 0.1) is 82.9 Å². The quantitative estimate of drug-likeness (QED) is 0.0976. The number of unbranched alkanes of at least 4 members (excludes halogenated alkanes) is 2. The lowest BCUT2D eigenvalue weighted by atomic mass is 10.0. The molecule has 1 aromatic rings. The highest BCUT2D eigenvalue weighted by Gasteiger charge is 2.45. The number of amides is 5. The van der Waals surface area contributed by atoms with Crippen LogP contribution in [0, 0.1) is 0 Å². The van der Waals surface area contributed by atoms with E-state index in [9.17, 15) is 28.8 Å². The second kappa shape index (κ2) is 21.1. The number of hydrogen-bond donors (Lipinski definition) is 3. The number of hydrogen-bond acceptors (Lipinski definition) is 12. The second-order valence-electron chi connectivity index (χ2n) is 10.5. The smallest absolute Gasteiger partial charge is 0.329 e. The first kappa shape index (κ1) is 37.7. The van der Waals surface area contributed by atoms with Gasteiger partial charge in [-0.3, -0.25) is 34.2 Å². The van der Waals surface area contributed by atoms with Gasteiger partial charge in [-0.05, 0) is 31.4 Å². The maximum Gasteiger partial charge on any atom is 0.329 e. The molecule has 0 aromatic heterocycles. The van der Waals surface area contributed by atoms with E-state index in [1.807, 2.05) is 0 Å². The minimum atomic E-state index is -1.08. The lowest BCUT2D eigenvalue weighted by Crippen LogP contribution is -2.54. The molecule has 47 heavy (non-hydrogen) atoms. The first-order chi connectivity index (χ1) is 22.8. The molecule has 0 saturated carbocycles. The predicted octanol–water partition coefficient (Wildman–Crippen LogP) is 0.771. The first-order valence-electron chi connectivity index (χ1n) is 15.6. The van der Waals surface area contributed by atoms with Gasteiger partial charge in [-0.2, -0.15) is 0 Å². The van der Waals surface area contributed by atoms with Crippen molar-refractivity contribution in [3.8, 4) is 0 Å². The average Bonchev–Trinajstić information content (AvgIpc) is 3.29. The molecule has 5 amide bonds. The summed E-state index contributed by atoms with van der Waals surface area (Å²) in [5, 5.41) is 13.3. The number of imide groups is 2. The van der Waals surface area contributed by atoms with Gasteiger partial charge in [-0.25, -0.2) is 4.79 Å². The van der Waals surface area contributed by atoms with Gasteiger partial charge >= 0.3 is 5.97 Å². The normalized spacial score (nSPS) is 16.0. The highest BCUT2D eigenvalue weighted by Crippen LogP contribution is 2.32. The molecule has 1 fully saturated rings. The van der Waals surface area contributed by atoms with E-state index in [0.717, 1.165) is 17.7 Å². The molecule has 2 heterocycles. The van der Waals surface area contributed by atoms with Gasteiger partial charge in [-0.1, -0.05) is 12.5 Å². The Balaban J connectivity index is 1.15. The highest BCUT2D eigenvalue weighted by atomic mass is 16.6. The van der Waals surface area contributed by atoms with Gasteiger partial charge in [0.15, 0.2) is 0 Å². The molecule has 1 unspecified atom stereocenters. The predicted molar refractivity (Wildman–Crippen MR) is 163 cm³/mol. The zero-order valence-electron chi connectivity index (χ0n) is 26.3. The number of aliphatic carboxylic acids is 1. The zero-order chi connectivity index (χ0) is 33.9. The maximum atomic E-state index is 13.1. The van der Waals surface area contributed by atoms with Crippen LogP contribution in [0.25, 0.3) is 0 Å². The van der Waals surface area contributed by atoms with Crippen molar-refractivity contribution < 1.29 is 62.3 Å². The van der Waals surface area contributed by atoms with E-state index in [4.69, 9.17) is 33.5 Å². The third kappa shape index (κ3) is 13.1. The van der Waals surface area contributed by atoms with Crippen LogP contribution in [0.3, 0.4) is 0 Å². The standard InChI is InChI=1S/C31H43N3O13/c35-25(32-23-6-4-5-22-28(23)31(41)34(30(22)40)24-8-9-26(36)33-29(24)39)7-2-1-3-10-42-11-12-43-13-14-44-15-16-45-17-18-46-19-20-47-21-27(37)38/h4-6,24H,1-3,7-21H2,(H,32,35)(H,37,38)(H,33,36,39). The Morgan fingerprint density at radius 1 is 0.766 bits per heavy atom. The van der Waals surface area contributed by atoms with Gasteiger partial charge < -0.3 is 38.8 Å². The molecule has 1 atom stereocenters. The van der Waals surface area contributed by atoms with E-state index in [2.05, 4.69) is 10.6 Å². The summed E-state index contributed by atoms with van der Waals surface area (Å²) in [6.45, 7) is 4.06. The fraction of sp³-hybridized carbons (Fsp3) is 0.613. The molecule has 1 aromatic carbocycles. The first-order valence-corrected chi connectivity index (χ1v) is 15.6. The summed E-state index contributed by atoms with van der Waals surface area (Å²) >= 11 is 0. The van der Waals surface area contributed by atoms with Crippen LogP contribution in [0.5, 0.6) is 0 Å². The summed E-state index contributed by atoms with van der Waals surface area (Å²) in [4.78, 5) is 73.6. The number of fused-ring (bicyclic) bond motifs is 1. The fourth-order valence-corrected chi connectivity index (χ4v) is 4.76. The number of nitrogens with one attached hydrogen (secondary N) is 2. The number of nitrogens with zero attached hydrogens (tertiary/aromatic N) is 1. The summed E-state index contributed by atoms with van der Waals surface area (Å²) in [6.07, 6.45) is 2.42. The van der Waals surface area contributed by atoms with Crippen LogP contribution < -0.4 is 10.6 Å². The third-order valence-corrected chi connectivity index (χ3v) is 7.02. The molecular weight excluding hydrogens is 622 g/mol. The van der Waals surface area contributed by atoms with E-state index < -0.39 is 35.6 Å². The van der Waals surface area contributed by atoms with Crippen LogP contribution in [0.4, 0.5) is 5.69 Å². The number of anilines is 1. The molecule has 260 valence electrons. The van der Waals surface area contributed by atoms with Crippen LogP contribution in [-0.4, -0.2) is 131 Å². The van der Waals surface area contributed by atoms with Crippen molar-refractivity contribution >= 4 is 41.2 Å². The van der Waals surface area contributed by atoms with E-state index in [0.29, 0.717) is 72.5 Å². The molecule has 2 aliphatic heterocycles. The monoisotopic (exact) mass is 665 g/mol. The van der Waals surface area contributed by atoms with Crippen LogP contribution in [0.2, 0.25) is 0 Å². The molecule has 0 spiro atoms. The number of rotatable bonds is 25. The summed E-state index contributed by atoms with van der Waals surface area (Å²) < 4.78 is 31.9. The third-order valence-electron chi connectivity index (χ3n) is 7.02. The van der Waals surface area contributed by atoms with Gasteiger partial charge in [0.1, 0.15) is 12.6 Å². The van der Waals surface area contributed by atoms with Crippen molar-refractivity contribution in [3.05, 3.63) is 29.3 Å². The Morgan fingerprint density at radius 2 is 1.34 bits per heavy atom. The van der Waals surface area contributed by atoms with E-state index in [1.165, 1.54) is 6.07 Å². The number of carbonyl (C=O) groups is 6. The summed E-state index contributed by atoms with van der Waals surface area (Å²) in [7, 11) is 0. The van der Waals surface area contributed by atoms with E-state index in [1.54, 1.807) is 12.1 Å². The van der Waals surface area contributed by atoms with Crippen LogP contribution in [-0.2, 0) is 47.6 Å². The number of carbonyl (C=O) groups excluding carboxylic acids is 5. The Kier molecular flexibility index (Phi) is 16.9. The number of piperidine rings is 1.